The number of thioether (sulfide) groups is 1. The van der Waals surface area contributed by atoms with Crippen molar-refractivity contribution in [1.82, 2.24) is 10.6 Å². The Kier molecular flexibility index (Phi) is 10.4. The highest BCUT2D eigenvalue weighted by molar-refractivity contribution is 7.99. The van der Waals surface area contributed by atoms with Gasteiger partial charge >= 0.3 is 12.0 Å². The second-order valence-electron chi connectivity index (χ2n) is 15.8. The van der Waals surface area contributed by atoms with E-state index in [-0.39, 0.29) is 41.9 Å². The summed E-state index contributed by atoms with van der Waals surface area (Å²) in [5.41, 5.74) is 6.22. The molecular formula is C44H48N2O6S. The Morgan fingerprint density at radius 2 is 1.45 bits per heavy atom. The summed E-state index contributed by atoms with van der Waals surface area (Å²) in [6.07, 6.45) is 6.49. The molecule has 4 aromatic rings. The third-order valence-corrected chi connectivity index (χ3v) is 13.1. The lowest BCUT2D eigenvalue weighted by Crippen LogP contribution is -2.61. The van der Waals surface area contributed by atoms with E-state index in [0.29, 0.717) is 12.3 Å². The molecule has 5 fully saturated rings. The molecule has 0 aromatic heterocycles. The van der Waals surface area contributed by atoms with Crippen LogP contribution in [0.2, 0.25) is 0 Å². The van der Waals surface area contributed by atoms with Gasteiger partial charge in [0.2, 0.25) is 0 Å². The lowest BCUT2D eigenvalue weighted by Gasteiger charge is -2.56. The molecule has 2 amide bonds. The average Bonchev–Trinajstić information content (AvgIpc) is 3.16. The van der Waals surface area contributed by atoms with Crippen LogP contribution in [0, 0.1) is 23.7 Å². The van der Waals surface area contributed by atoms with Crippen molar-refractivity contribution in [2.24, 2.45) is 23.7 Å². The minimum Gasteiger partial charge on any atom is -0.478 e. The monoisotopic (exact) mass is 732 g/mol. The summed E-state index contributed by atoms with van der Waals surface area (Å²) in [4.78, 5) is 25.4. The zero-order valence-corrected chi connectivity index (χ0v) is 30.9. The van der Waals surface area contributed by atoms with E-state index in [2.05, 4.69) is 60.0 Å². The predicted octanol–water partition coefficient (Wildman–Crippen LogP) is 8.90. The van der Waals surface area contributed by atoms with Crippen LogP contribution in [0.15, 0.2) is 102 Å². The smallest absolute Gasteiger partial charge is 0.335 e. The molecule has 4 bridgehead atoms. The fraction of sp³-hybridized carbons (Fsp3) is 0.409. The van der Waals surface area contributed by atoms with Crippen molar-refractivity contribution >= 4 is 23.8 Å². The number of carboxylic acids is 1. The number of urea groups is 1. The second-order valence-corrected chi connectivity index (χ2v) is 16.9. The summed E-state index contributed by atoms with van der Waals surface area (Å²) in [7, 11) is 0. The minimum absolute atomic E-state index is 0.00851. The molecule has 8 nitrogen and oxygen atoms in total. The number of hydrogen-bond donors (Lipinski definition) is 4. The van der Waals surface area contributed by atoms with Gasteiger partial charge in [-0.05, 0) is 114 Å². The summed E-state index contributed by atoms with van der Waals surface area (Å²) in [6, 6.07) is 31.4. The van der Waals surface area contributed by atoms with Crippen molar-refractivity contribution in [3.63, 3.8) is 0 Å². The largest absolute Gasteiger partial charge is 0.478 e. The number of carbonyl (C=O) groups is 2. The Morgan fingerprint density at radius 1 is 0.792 bits per heavy atom. The number of aromatic carboxylic acids is 1. The van der Waals surface area contributed by atoms with E-state index in [1.807, 2.05) is 42.5 Å². The molecule has 4 N–H and O–H groups in total. The third kappa shape index (κ3) is 8.04. The Bertz CT molecular complexity index is 1880. The highest BCUT2D eigenvalue weighted by Gasteiger charge is 2.51. The van der Waals surface area contributed by atoms with E-state index in [1.165, 1.54) is 19.3 Å². The molecule has 4 saturated carbocycles. The molecule has 9 heteroatoms. The molecule has 1 saturated heterocycles. The van der Waals surface area contributed by atoms with Crippen LogP contribution in [0.25, 0.3) is 11.1 Å². The first-order valence-corrected chi connectivity index (χ1v) is 19.9. The van der Waals surface area contributed by atoms with Crippen molar-refractivity contribution in [2.75, 3.05) is 5.75 Å². The van der Waals surface area contributed by atoms with Crippen molar-refractivity contribution in [3.8, 4) is 11.1 Å². The first-order valence-electron chi connectivity index (χ1n) is 18.9. The number of aliphatic hydroxyl groups excluding tert-OH is 1. The van der Waals surface area contributed by atoms with Crippen LogP contribution < -0.4 is 10.6 Å². The second kappa shape index (κ2) is 15.3. The number of nitrogens with one attached hydrogen (secondary N) is 2. The maximum absolute atomic E-state index is 13.1. The molecule has 9 rings (SSSR count). The van der Waals surface area contributed by atoms with Gasteiger partial charge in [-0.2, -0.15) is 0 Å². The lowest BCUT2D eigenvalue weighted by molar-refractivity contribution is -0.268. The van der Waals surface area contributed by atoms with Gasteiger partial charge in [0.1, 0.15) is 0 Å². The van der Waals surface area contributed by atoms with E-state index in [1.54, 1.807) is 23.9 Å². The number of amides is 2. The first kappa shape index (κ1) is 35.9. The Morgan fingerprint density at radius 3 is 2.09 bits per heavy atom. The number of ether oxygens (including phenoxy) is 2. The molecule has 0 radical (unpaired) electrons. The van der Waals surface area contributed by atoms with Gasteiger partial charge in [0.25, 0.3) is 0 Å². The van der Waals surface area contributed by atoms with E-state index >= 15 is 0 Å². The summed E-state index contributed by atoms with van der Waals surface area (Å²) in [6.45, 7) is 2.59. The minimum atomic E-state index is -0.942. The van der Waals surface area contributed by atoms with Gasteiger partial charge in [-0.3, -0.25) is 0 Å². The van der Waals surface area contributed by atoms with Gasteiger partial charge in [0.05, 0.1) is 24.4 Å². The molecule has 4 atom stereocenters. The van der Waals surface area contributed by atoms with Crippen molar-refractivity contribution < 1.29 is 29.3 Å². The normalized spacial score (nSPS) is 28.8. The fourth-order valence-electron chi connectivity index (χ4n) is 9.61. The molecule has 1 aliphatic heterocycles. The average molecular weight is 733 g/mol. The van der Waals surface area contributed by atoms with Crippen molar-refractivity contribution in [1.29, 1.82) is 0 Å². The summed E-state index contributed by atoms with van der Waals surface area (Å²) in [5.74, 6) is 2.11. The third-order valence-electron chi connectivity index (χ3n) is 12.0. The number of aliphatic hydroxyl groups is 1. The maximum atomic E-state index is 13.1. The number of carbonyl (C=O) groups excluding carboxylic acids is 1. The molecular weight excluding hydrogens is 685 g/mol. The fourth-order valence-corrected chi connectivity index (χ4v) is 10.7. The van der Waals surface area contributed by atoms with Gasteiger partial charge < -0.3 is 30.3 Å². The lowest BCUT2D eigenvalue weighted by atomic mass is 9.53. The van der Waals surface area contributed by atoms with Crippen LogP contribution in [0.3, 0.4) is 0 Å². The van der Waals surface area contributed by atoms with E-state index in [0.717, 1.165) is 75.3 Å². The van der Waals surface area contributed by atoms with Crippen LogP contribution in [0.1, 0.15) is 90.5 Å². The van der Waals surface area contributed by atoms with Gasteiger partial charge in [-0.1, -0.05) is 73.7 Å². The van der Waals surface area contributed by atoms with Crippen LogP contribution in [0.5, 0.6) is 0 Å². The van der Waals surface area contributed by atoms with E-state index in [4.69, 9.17) is 9.47 Å². The molecule has 4 aromatic carbocycles. The quantitative estimate of drug-likeness (QED) is 0.114. The molecule has 1 heterocycles. The summed E-state index contributed by atoms with van der Waals surface area (Å²) >= 11 is 1.64. The number of carboxylic acid groups (broad SMARTS) is 1. The number of benzene rings is 4. The molecule has 0 spiro atoms. The Hall–Kier alpha value is -4.15. The van der Waals surface area contributed by atoms with Crippen molar-refractivity contribution in [2.45, 2.75) is 87.5 Å². The molecule has 4 aliphatic carbocycles. The standard InChI is InChI=1S/C44H48N2O6S/c1-27-39(26-53-38-15-13-35(14-16-38)41(48)49)51-42(52-40(27)34-7-5-28(25-47)6-8-34)36-11-9-33(10-12-36)37-4-2-3-29(20-37)24-45-43(50)46-44-21-30-17-31(22-44)19-32(18-30)23-44/h2-16,20,27,30-32,39-40,42,47H,17-19,21-26H2,1H3,(H,48,49)(H2,45,46,50)/t27-,30?,31?,32?,39+,40+,42+,44?/m0/s1. The van der Waals surface area contributed by atoms with Gasteiger partial charge in [0, 0.05) is 34.2 Å². The Balaban J connectivity index is 0.935. The topological polar surface area (TPSA) is 117 Å². The van der Waals surface area contributed by atoms with Crippen molar-refractivity contribution in [3.05, 3.63) is 125 Å². The highest BCUT2D eigenvalue weighted by Crippen LogP contribution is 2.55. The summed E-state index contributed by atoms with van der Waals surface area (Å²) < 4.78 is 13.3. The number of rotatable bonds is 11. The van der Waals surface area contributed by atoms with Gasteiger partial charge in [-0.25, -0.2) is 9.59 Å². The zero-order chi connectivity index (χ0) is 36.5. The zero-order valence-electron chi connectivity index (χ0n) is 30.1. The molecule has 5 aliphatic rings. The molecule has 276 valence electrons. The summed E-state index contributed by atoms with van der Waals surface area (Å²) in [5, 5.41) is 25.5. The van der Waals surface area contributed by atoms with Gasteiger partial charge in [0.15, 0.2) is 6.29 Å². The van der Waals surface area contributed by atoms with E-state index in [9.17, 15) is 19.8 Å². The highest BCUT2D eigenvalue weighted by atomic mass is 32.2. The van der Waals surface area contributed by atoms with Crippen LogP contribution >= 0.6 is 11.8 Å². The van der Waals surface area contributed by atoms with Crippen LogP contribution in [-0.4, -0.2) is 39.6 Å². The SMILES string of the molecule is C[C@H]1[C@@H](CSc2ccc(C(=O)O)cc2)O[C@@H](c2ccc(-c3cccc(CNC(=O)NC45CC6CC(CC(C6)C4)C5)c3)cc2)O[C@H]1c1ccc(CO)cc1. The first-order chi connectivity index (χ1) is 25.7. The molecule has 53 heavy (non-hydrogen) atoms. The Labute approximate surface area is 315 Å². The van der Waals surface area contributed by atoms with E-state index < -0.39 is 12.3 Å². The number of hydrogen-bond acceptors (Lipinski definition) is 6. The van der Waals surface area contributed by atoms with Crippen LogP contribution in [0.4, 0.5) is 4.79 Å². The predicted molar refractivity (Wildman–Crippen MR) is 205 cm³/mol. The molecule has 0 unspecified atom stereocenters. The van der Waals surface area contributed by atoms with Gasteiger partial charge in [-0.15, -0.1) is 11.8 Å². The van der Waals surface area contributed by atoms with Crippen LogP contribution in [-0.2, 0) is 22.6 Å². The maximum Gasteiger partial charge on any atom is 0.335 e.